The van der Waals surface area contributed by atoms with Crippen LogP contribution in [-0.4, -0.2) is 20.4 Å². The van der Waals surface area contributed by atoms with Gasteiger partial charge in [0.05, 0.1) is 0 Å². The van der Waals surface area contributed by atoms with Gasteiger partial charge in [-0.05, 0) is 0 Å². The standard InChI is InChI=1S/C8H11.3CH2O.Ru/c1-2-4-6-8-7-5-3-1;3*1-2;/h1-3H,4,6-8H2;3*1H2;/q-1;;;;+1/b2-1-;;;;. The Kier molecular flexibility index (Phi) is 60.2. The van der Waals surface area contributed by atoms with Gasteiger partial charge in [0.2, 0.25) is 0 Å². The predicted octanol–water partition coefficient (Wildman–Crippen LogP) is 1.92. The smallest absolute Gasteiger partial charge is 0.307 e. The topological polar surface area (TPSA) is 51.2 Å². The zero-order valence-corrected chi connectivity index (χ0v) is 10.5. The fraction of sp³-hybridized carbons (Fsp3) is 0.364. The first-order chi connectivity index (χ1) is 7.00. The molecule has 0 N–H and O–H groups in total. The van der Waals surface area contributed by atoms with Crippen molar-refractivity contribution in [2.24, 2.45) is 0 Å². The Morgan fingerprint density at radius 1 is 0.933 bits per heavy atom. The molecular weight excluding hydrogens is 281 g/mol. The van der Waals surface area contributed by atoms with Crippen LogP contribution in [0.5, 0.6) is 0 Å². The Bertz CT molecular complexity index is 128. The van der Waals surface area contributed by atoms with Crippen LogP contribution < -0.4 is 0 Å². The predicted molar refractivity (Wildman–Crippen MR) is 56.8 cm³/mol. The second-order valence-corrected chi connectivity index (χ2v) is 2.04. The molecule has 0 aromatic heterocycles. The minimum absolute atomic E-state index is 0. The second kappa shape index (κ2) is 38.0. The molecule has 0 atom stereocenters. The van der Waals surface area contributed by atoms with Gasteiger partial charge in [-0.1, -0.05) is 19.3 Å². The van der Waals surface area contributed by atoms with Gasteiger partial charge in [0.25, 0.3) is 0 Å². The van der Waals surface area contributed by atoms with Gasteiger partial charge in [-0.2, -0.15) is 6.08 Å². The summed E-state index contributed by atoms with van der Waals surface area (Å²) in [4.78, 5) is 24.0. The van der Waals surface area contributed by atoms with Crippen LogP contribution in [0.2, 0.25) is 0 Å². The van der Waals surface area contributed by atoms with E-state index in [1.807, 2.05) is 26.4 Å². The van der Waals surface area contributed by atoms with Gasteiger partial charge in [-0.15, -0.1) is 6.42 Å². The molecule has 0 saturated heterocycles. The molecule has 3 nitrogen and oxygen atoms in total. The Hall–Kier alpha value is -0.887. The molecule has 0 saturated carbocycles. The SMILES string of the molecule is C=O.C=O.C=O.[C-]1=C/C=C\CCCC1.[Ru+]. The van der Waals surface area contributed by atoms with E-state index in [-0.39, 0.29) is 19.5 Å². The summed E-state index contributed by atoms with van der Waals surface area (Å²) in [6, 6.07) is 0. The molecule has 15 heavy (non-hydrogen) atoms. The molecule has 0 aromatic rings. The van der Waals surface area contributed by atoms with Crippen molar-refractivity contribution < 1.29 is 33.9 Å². The first kappa shape index (κ1) is 23.7. The molecular formula is C11H17O3Ru. The normalized spacial score (nSPS) is 13.6. The number of allylic oxidation sites excluding steroid dienone is 4. The summed E-state index contributed by atoms with van der Waals surface area (Å²) in [5, 5.41) is 0. The van der Waals surface area contributed by atoms with Crippen LogP contribution in [0, 0.1) is 6.08 Å². The number of carbonyl (C=O) groups excluding carboxylic acids is 3. The van der Waals surface area contributed by atoms with E-state index in [9.17, 15) is 0 Å². The Labute approximate surface area is 104 Å². The average molecular weight is 298 g/mol. The van der Waals surface area contributed by atoms with Crippen molar-refractivity contribution in [1.29, 1.82) is 0 Å². The molecule has 0 spiro atoms. The fourth-order valence-corrected chi connectivity index (χ4v) is 0.805. The summed E-state index contributed by atoms with van der Waals surface area (Å²) in [6.45, 7) is 6.00. The van der Waals surface area contributed by atoms with E-state index in [4.69, 9.17) is 14.4 Å². The van der Waals surface area contributed by atoms with Crippen LogP contribution in [0.3, 0.4) is 0 Å². The van der Waals surface area contributed by atoms with Gasteiger partial charge >= 0.3 is 19.5 Å². The van der Waals surface area contributed by atoms with Crippen molar-refractivity contribution in [3.05, 3.63) is 24.3 Å². The van der Waals surface area contributed by atoms with Gasteiger partial charge < -0.3 is 14.4 Å². The van der Waals surface area contributed by atoms with Crippen molar-refractivity contribution in [3.63, 3.8) is 0 Å². The minimum atomic E-state index is 0. The molecule has 0 unspecified atom stereocenters. The number of hydrogen-bond acceptors (Lipinski definition) is 3. The molecule has 0 bridgehead atoms. The van der Waals surface area contributed by atoms with E-state index in [0.29, 0.717) is 0 Å². The van der Waals surface area contributed by atoms with Crippen molar-refractivity contribution in [2.75, 3.05) is 0 Å². The summed E-state index contributed by atoms with van der Waals surface area (Å²) in [5.74, 6) is 0. The monoisotopic (exact) mass is 299 g/mol. The molecule has 0 amide bonds. The van der Waals surface area contributed by atoms with E-state index in [0.717, 1.165) is 6.42 Å². The number of carbonyl (C=O) groups is 3. The van der Waals surface area contributed by atoms with E-state index < -0.39 is 0 Å². The molecule has 0 aliphatic heterocycles. The maximum absolute atomic E-state index is 8.00. The first-order valence-electron chi connectivity index (χ1n) is 4.08. The molecule has 0 fully saturated rings. The van der Waals surface area contributed by atoms with Crippen molar-refractivity contribution >= 4 is 20.4 Å². The number of hydrogen-bond donors (Lipinski definition) is 0. The summed E-state index contributed by atoms with van der Waals surface area (Å²) in [7, 11) is 0. The first-order valence-corrected chi connectivity index (χ1v) is 4.08. The van der Waals surface area contributed by atoms with Crippen LogP contribution in [0.4, 0.5) is 0 Å². The van der Waals surface area contributed by atoms with Crippen molar-refractivity contribution in [1.82, 2.24) is 0 Å². The summed E-state index contributed by atoms with van der Waals surface area (Å²) in [5.41, 5.74) is 0. The fourth-order valence-electron chi connectivity index (χ4n) is 0.805. The molecule has 0 aromatic carbocycles. The average Bonchev–Trinajstić information content (AvgIpc) is 2.26. The Morgan fingerprint density at radius 3 is 2.00 bits per heavy atom. The van der Waals surface area contributed by atoms with Gasteiger partial charge in [-0.25, -0.2) is 12.2 Å². The summed E-state index contributed by atoms with van der Waals surface area (Å²) >= 11 is 0. The van der Waals surface area contributed by atoms with E-state index >= 15 is 0 Å². The maximum Gasteiger partial charge on any atom is 1.00 e. The zero-order valence-electron chi connectivity index (χ0n) is 8.76. The zero-order chi connectivity index (χ0) is 11.7. The van der Waals surface area contributed by atoms with E-state index in [2.05, 4.69) is 18.2 Å². The summed E-state index contributed by atoms with van der Waals surface area (Å²) < 4.78 is 0. The molecule has 87 valence electrons. The molecule has 1 radical (unpaired) electrons. The largest absolute Gasteiger partial charge is 1.00 e. The van der Waals surface area contributed by atoms with Gasteiger partial charge in [0.15, 0.2) is 0 Å². The molecule has 4 heteroatoms. The van der Waals surface area contributed by atoms with Crippen LogP contribution in [0.1, 0.15) is 25.7 Å². The second-order valence-electron chi connectivity index (χ2n) is 2.04. The van der Waals surface area contributed by atoms with Gasteiger partial charge in [-0.3, -0.25) is 6.08 Å². The van der Waals surface area contributed by atoms with Crippen molar-refractivity contribution in [3.8, 4) is 0 Å². The minimum Gasteiger partial charge on any atom is -0.307 e. The van der Waals surface area contributed by atoms with E-state index in [1.165, 1.54) is 19.3 Å². The van der Waals surface area contributed by atoms with Crippen LogP contribution >= 0.6 is 0 Å². The third-order valence-corrected chi connectivity index (χ3v) is 1.29. The molecule has 1 rings (SSSR count). The quantitative estimate of drug-likeness (QED) is 0.507. The molecule has 0 heterocycles. The Morgan fingerprint density at radius 2 is 1.47 bits per heavy atom. The third-order valence-electron chi connectivity index (χ3n) is 1.29. The molecule has 1 aliphatic rings. The van der Waals surface area contributed by atoms with Crippen molar-refractivity contribution in [2.45, 2.75) is 25.7 Å². The van der Waals surface area contributed by atoms with Crippen LogP contribution in [-0.2, 0) is 33.9 Å². The maximum atomic E-state index is 8.00. The number of rotatable bonds is 0. The Balaban J connectivity index is -0.0000000755. The molecule has 1 aliphatic carbocycles. The van der Waals surface area contributed by atoms with Gasteiger partial charge in [0, 0.05) is 0 Å². The van der Waals surface area contributed by atoms with E-state index in [1.54, 1.807) is 0 Å². The third kappa shape index (κ3) is 32.0. The van der Waals surface area contributed by atoms with Gasteiger partial charge in [0.1, 0.15) is 20.4 Å². The summed E-state index contributed by atoms with van der Waals surface area (Å²) in [6.07, 6.45) is 14.5. The van der Waals surface area contributed by atoms with Crippen LogP contribution in [0.15, 0.2) is 18.2 Å². The van der Waals surface area contributed by atoms with Crippen LogP contribution in [0.25, 0.3) is 0 Å².